The van der Waals surface area contributed by atoms with Gasteiger partial charge in [-0.2, -0.15) is 0 Å². The largest absolute Gasteiger partial charge is 0.484 e. The third kappa shape index (κ3) is 3.85. The van der Waals surface area contributed by atoms with Crippen molar-refractivity contribution in [3.8, 4) is 5.75 Å². The number of carbonyl (C=O) groups is 1. The molecule has 0 aliphatic heterocycles. The molecule has 0 atom stereocenters. The molecule has 2 aromatic rings. The molecule has 0 bridgehead atoms. The molecule has 0 fully saturated rings. The molecule has 5 heteroatoms. The summed E-state index contributed by atoms with van der Waals surface area (Å²) in [5.74, 6) is 1.40. The molecule has 0 aliphatic rings. The van der Waals surface area contributed by atoms with Crippen molar-refractivity contribution in [2.75, 3.05) is 13.7 Å². The lowest BCUT2D eigenvalue weighted by molar-refractivity contribution is -0.132. The number of rotatable bonds is 5. The minimum absolute atomic E-state index is 0.0279. The molecule has 5 nitrogen and oxygen atoms in total. The number of H-pyrrole nitrogens is 1. The van der Waals surface area contributed by atoms with Gasteiger partial charge in [0.05, 0.1) is 6.54 Å². The van der Waals surface area contributed by atoms with Gasteiger partial charge in [0, 0.05) is 19.4 Å². The number of aryl methyl sites for hydroxylation is 2. The maximum absolute atomic E-state index is 12.0. The molecule has 0 aliphatic carbocycles. The van der Waals surface area contributed by atoms with Crippen molar-refractivity contribution in [1.29, 1.82) is 0 Å². The van der Waals surface area contributed by atoms with Crippen LogP contribution in [0.4, 0.5) is 0 Å². The fraction of sp³-hybridized carbons (Fsp3) is 0.333. The van der Waals surface area contributed by atoms with E-state index in [-0.39, 0.29) is 12.5 Å². The van der Waals surface area contributed by atoms with Gasteiger partial charge in [0.15, 0.2) is 6.61 Å². The fourth-order valence-electron chi connectivity index (χ4n) is 1.97. The van der Waals surface area contributed by atoms with Crippen molar-refractivity contribution < 1.29 is 9.53 Å². The first-order chi connectivity index (χ1) is 9.54. The van der Waals surface area contributed by atoms with Crippen LogP contribution in [0.15, 0.2) is 30.6 Å². The SMILES string of the molecule is Cc1cc(C)cc(OCC(=O)N(C)Cc2ncc[nH]2)c1. The number of likely N-dealkylation sites (N-methyl/N-ethyl adjacent to an activating group) is 1. The molecule has 1 amide bonds. The van der Waals surface area contributed by atoms with E-state index in [1.54, 1.807) is 24.3 Å². The summed E-state index contributed by atoms with van der Waals surface area (Å²) in [6, 6.07) is 5.91. The number of nitrogens with one attached hydrogen (secondary N) is 1. The molecule has 0 spiro atoms. The molecular weight excluding hydrogens is 254 g/mol. The summed E-state index contributed by atoms with van der Waals surface area (Å²) in [7, 11) is 1.73. The number of amides is 1. The van der Waals surface area contributed by atoms with E-state index in [2.05, 4.69) is 16.0 Å². The Morgan fingerprint density at radius 2 is 2.00 bits per heavy atom. The quantitative estimate of drug-likeness (QED) is 0.907. The van der Waals surface area contributed by atoms with Gasteiger partial charge >= 0.3 is 0 Å². The Kier molecular flexibility index (Phi) is 4.40. The number of ether oxygens (including phenoxy) is 1. The summed E-state index contributed by atoms with van der Waals surface area (Å²) in [6.45, 7) is 4.48. The average Bonchev–Trinajstić information content (AvgIpc) is 2.87. The Morgan fingerprint density at radius 1 is 1.30 bits per heavy atom. The van der Waals surface area contributed by atoms with E-state index >= 15 is 0 Å². The molecule has 1 N–H and O–H groups in total. The maximum atomic E-state index is 12.0. The van der Waals surface area contributed by atoms with Crippen LogP contribution in [-0.2, 0) is 11.3 Å². The van der Waals surface area contributed by atoms with Crippen molar-refractivity contribution in [2.24, 2.45) is 0 Å². The van der Waals surface area contributed by atoms with Crippen LogP contribution >= 0.6 is 0 Å². The Morgan fingerprint density at radius 3 is 2.60 bits per heavy atom. The second-order valence-corrected chi connectivity index (χ2v) is 4.90. The highest BCUT2D eigenvalue weighted by molar-refractivity contribution is 5.77. The molecule has 2 rings (SSSR count). The van der Waals surface area contributed by atoms with Gasteiger partial charge in [0.1, 0.15) is 11.6 Å². The third-order valence-corrected chi connectivity index (χ3v) is 2.93. The summed E-state index contributed by atoms with van der Waals surface area (Å²) in [5, 5.41) is 0. The number of aromatic nitrogens is 2. The van der Waals surface area contributed by atoms with Gasteiger partial charge < -0.3 is 14.6 Å². The first kappa shape index (κ1) is 14.1. The fourth-order valence-corrected chi connectivity index (χ4v) is 1.97. The zero-order chi connectivity index (χ0) is 14.5. The number of hydrogen-bond acceptors (Lipinski definition) is 3. The molecule has 0 saturated heterocycles. The van der Waals surface area contributed by atoms with Gasteiger partial charge in [-0.3, -0.25) is 4.79 Å². The number of aromatic amines is 1. The van der Waals surface area contributed by atoms with Crippen LogP contribution in [0.5, 0.6) is 5.75 Å². The van der Waals surface area contributed by atoms with Crippen LogP contribution in [0, 0.1) is 13.8 Å². The Hall–Kier alpha value is -2.30. The van der Waals surface area contributed by atoms with Crippen molar-refractivity contribution in [2.45, 2.75) is 20.4 Å². The number of nitrogens with zero attached hydrogens (tertiary/aromatic N) is 2. The van der Waals surface area contributed by atoms with Crippen LogP contribution < -0.4 is 4.74 Å². The Bertz CT molecular complexity index is 559. The number of carbonyl (C=O) groups excluding carboxylic acids is 1. The van der Waals surface area contributed by atoms with Crippen molar-refractivity contribution >= 4 is 5.91 Å². The smallest absolute Gasteiger partial charge is 0.260 e. The van der Waals surface area contributed by atoms with Crippen LogP contribution in [0.3, 0.4) is 0 Å². The highest BCUT2D eigenvalue weighted by Gasteiger charge is 2.11. The van der Waals surface area contributed by atoms with Crippen molar-refractivity contribution in [3.63, 3.8) is 0 Å². The second kappa shape index (κ2) is 6.23. The van der Waals surface area contributed by atoms with E-state index in [1.165, 1.54) is 0 Å². The lowest BCUT2D eigenvalue weighted by atomic mass is 10.1. The first-order valence-electron chi connectivity index (χ1n) is 6.48. The van der Waals surface area contributed by atoms with Gasteiger partial charge in [-0.25, -0.2) is 4.98 Å². The van der Waals surface area contributed by atoms with E-state index in [0.29, 0.717) is 6.54 Å². The summed E-state index contributed by atoms with van der Waals surface area (Å²) in [4.78, 5) is 20.6. The summed E-state index contributed by atoms with van der Waals surface area (Å²) in [5.41, 5.74) is 2.24. The van der Waals surface area contributed by atoms with Crippen LogP contribution in [-0.4, -0.2) is 34.4 Å². The second-order valence-electron chi connectivity index (χ2n) is 4.90. The molecule has 1 aromatic heterocycles. The minimum atomic E-state index is -0.0828. The van der Waals surface area contributed by atoms with Gasteiger partial charge in [0.2, 0.25) is 0 Å². The van der Waals surface area contributed by atoms with E-state index in [0.717, 1.165) is 22.7 Å². The summed E-state index contributed by atoms with van der Waals surface area (Å²) in [6.07, 6.45) is 3.40. The predicted octanol–water partition coefficient (Wildman–Crippen LogP) is 2.06. The molecule has 20 heavy (non-hydrogen) atoms. The predicted molar refractivity (Wildman–Crippen MR) is 76.5 cm³/mol. The van der Waals surface area contributed by atoms with Crippen LogP contribution in [0.25, 0.3) is 0 Å². The minimum Gasteiger partial charge on any atom is -0.484 e. The molecule has 0 saturated carbocycles. The van der Waals surface area contributed by atoms with E-state index in [1.807, 2.05) is 26.0 Å². The zero-order valence-corrected chi connectivity index (χ0v) is 12.0. The topological polar surface area (TPSA) is 58.2 Å². The van der Waals surface area contributed by atoms with Gasteiger partial charge in [0.25, 0.3) is 5.91 Å². The summed E-state index contributed by atoms with van der Waals surface area (Å²) >= 11 is 0. The highest BCUT2D eigenvalue weighted by Crippen LogP contribution is 2.16. The van der Waals surface area contributed by atoms with Gasteiger partial charge in [-0.15, -0.1) is 0 Å². The molecule has 0 radical (unpaired) electrons. The van der Waals surface area contributed by atoms with Gasteiger partial charge in [-0.05, 0) is 37.1 Å². The zero-order valence-electron chi connectivity index (χ0n) is 12.0. The standard InChI is InChI=1S/C15H19N3O2/c1-11-6-12(2)8-13(7-11)20-10-15(19)18(3)9-14-16-4-5-17-14/h4-8H,9-10H2,1-3H3,(H,16,17). The molecule has 0 unspecified atom stereocenters. The van der Waals surface area contributed by atoms with Gasteiger partial charge in [-0.1, -0.05) is 6.07 Å². The Balaban J connectivity index is 1.88. The lowest BCUT2D eigenvalue weighted by Crippen LogP contribution is -2.31. The highest BCUT2D eigenvalue weighted by atomic mass is 16.5. The van der Waals surface area contributed by atoms with E-state index < -0.39 is 0 Å². The molecule has 1 aromatic carbocycles. The Labute approximate surface area is 118 Å². The molecule has 1 heterocycles. The van der Waals surface area contributed by atoms with Crippen LogP contribution in [0.1, 0.15) is 17.0 Å². The van der Waals surface area contributed by atoms with Crippen LogP contribution in [0.2, 0.25) is 0 Å². The first-order valence-corrected chi connectivity index (χ1v) is 6.48. The lowest BCUT2D eigenvalue weighted by Gasteiger charge is -2.16. The average molecular weight is 273 g/mol. The number of hydrogen-bond donors (Lipinski definition) is 1. The molecule has 106 valence electrons. The maximum Gasteiger partial charge on any atom is 0.260 e. The molecular formula is C15H19N3O2. The summed E-state index contributed by atoms with van der Waals surface area (Å²) < 4.78 is 5.55. The van der Waals surface area contributed by atoms with E-state index in [4.69, 9.17) is 4.74 Å². The number of imidazole rings is 1. The van der Waals surface area contributed by atoms with Crippen molar-refractivity contribution in [1.82, 2.24) is 14.9 Å². The van der Waals surface area contributed by atoms with E-state index in [9.17, 15) is 4.79 Å². The normalized spacial score (nSPS) is 10.3. The third-order valence-electron chi connectivity index (χ3n) is 2.93. The number of benzene rings is 1. The van der Waals surface area contributed by atoms with Crippen molar-refractivity contribution in [3.05, 3.63) is 47.5 Å². The monoisotopic (exact) mass is 273 g/mol.